The second-order valence-electron chi connectivity index (χ2n) is 12.3. The first-order valence-corrected chi connectivity index (χ1v) is 16.8. The van der Waals surface area contributed by atoms with E-state index in [0.717, 1.165) is 46.2 Å². The third-order valence-corrected chi connectivity index (χ3v) is 9.35. The van der Waals surface area contributed by atoms with Crippen LogP contribution in [0.5, 0.6) is 0 Å². The SMILES string of the molecule is C1=CCCC(n2c3ccccc3c3cc(-c4ccccc4-c4ccccc4-c4nc(-c5ccccc5)nc(-c5ccccc5)n4)ccc32)=C1. The highest BCUT2D eigenvalue weighted by atomic mass is 15.0. The molecular weight excluding hydrogens is 597 g/mol. The van der Waals surface area contributed by atoms with E-state index in [1.54, 1.807) is 0 Å². The van der Waals surface area contributed by atoms with Crippen molar-refractivity contribution in [2.75, 3.05) is 0 Å². The number of benzene rings is 6. The summed E-state index contributed by atoms with van der Waals surface area (Å²) in [6.45, 7) is 0. The highest BCUT2D eigenvalue weighted by molar-refractivity contribution is 6.11. The van der Waals surface area contributed by atoms with Crippen molar-refractivity contribution in [2.45, 2.75) is 12.8 Å². The average molecular weight is 629 g/mol. The summed E-state index contributed by atoms with van der Waals surface area (Å²) in [5.41, 5.74) is 11.2. The summed E-state index contributed by atoms with van der Waals surface area (Å²) < 4.78 is 2.44. The van der Waals surface area contributed by atoms with E-state index >= 15 is 0 Å². The molecule has 0 saturated carbocycles. The third kappa shape index (κ3) is 5.24. The quantitative estimate of drug-likeness (QED) is 0.184. The van der Waals surface area contributed by atoms with E-state index in [4.69, 9.17) is 15.0 Å². The molecule has 0 saturated heterocycles. The topological polar surface area (TPSA) is 43.6 Å². The molecule has 9 rings (SSSR count). The lowest BCUT2D eigenvalue weighted by molar-refractivity contribution is 0.979. The molecule has 0 fully saturated rings. The van der Waals surface area contributed by atoms with E-state index < -0.39 is 0 Å². The van der Waals surface area contributed by atoms with Crippen molar-refractivity contribution in [3.05, 3.63) is 170 Å². The molecule has 0 unspecified atom stereocenters. The van der Waals surface area contributed by atoms with Crippen LogP contribution in [-0.2, 0) is 0 Å². The van der Waals surface area contributed by atoms with Crippen molar-refractivity contribution in [3.63, 3.8) is 0 Å². The van der Waals surface area contributed by atoms with E-state index in [0.29, 0.717) is 17.5 Å². The molecule has 49 heavy (non-hydrogen) atoms. The molecule has 0 spiro atoms. The van der Waals surface area contributed by atoms with Crippen LogP contribution in [0.2, 0.25) is 0 Å². The van der Waals surface area contributed by atoms with Crippen LogP contribution in [0.1, 0.15) is 12.8 Å². The van der Waals surface area contributed by atoms with Gasteiger partial charge >= 0.3 is 0 Å². The molecule has 0 N–H and O–H groups in total. The van der Waals surface area contributed by atoms with Crippen LogP contribution < -0.4 is 0 Å². The van der Waals surface area contributed by atoms with Gasteiger partial charge in [-0.2, -0.15) is 0 Å². The lowest BCUT2D eigenvalue weighted by Gasteiger charge is -2.16. The summed E-state index contributed by atoms with van der Waals surface area (Å²) in [6.07, 6.45) is 8.77. The van der Waals surface area contributed by atoms with Gasteiger partial charge in [-0.15, -0.1) is 0 Å². The molecular formula is C45H32N4. The Bertz CT molecular complexity index is 2480. The zero-order valence-electron chi connectivity index (χ0n) is 26.9. The number of aromatic nitrogens is 4. The molecule has 0 radical (unpaired) electrons. The van der Waals surface area contributed by atoms with E-state index in [2.05, 4.69) is 114 Å². The van der Waals surface area contributed by atoms with Crippen molar-refractivity contribution < 1.29 is 0 Å². The Morgan fingerprint density at radius 2 is 0.980 bits per heavy atom. The second kappa shape index (κ2) is 12.3. The molecule has 6 aromatic carbocycles. The van der Waals surface area contributed by atoms with Crippen LogP contribution in [0.25, 0.3) is 83.9 Å². The minimum Gasteiger partial charge on any atom is -0.313 e. The first kappa shape index (κ1) is 28.8. The number of rotatable bonds is 6. The molecule has 4 nitrogen and oxygen atoms in total. The fourth-order valence-corrected chi connectivity index (χ4v) is 7.04. The van der Waals surface area contributed by atoms with Crippen molar-refractivity contribution in [2.24, 2.45) is 0 Å². The highest BCUT2D eigenvalue weighted by Crippen LogP contribution is 2.41. The van der Waals surface area contributed by atoms with Gasteiger partial charge in [0.15, 0.2) is 17.5 Å². The molecule has 8 aromatic rings. The summed E-state index contributed by atoms with van der Waals surface area (Å²) >= 11 is 0. The smallest absolute Gasteiger partial charge is 0.164 e. The first-order valence-electron chi connectivity index (χ1n) is 16.8. The summed E-state index contributed by atoms with van der Waals surface area (Å²) in [5.74, 6) is 1.95. The molecule has 1 aliphatic rings. The minimum absolute atomic E-state index is 0.645. The molecule has 0 bridgehead atoms. The number of hydrogen-bond acceptors (Lipinski definition) is 3. The summed E-state index contributed by atoms with van der Waals surface area (Å²) in [7, 11) is 0. The van der Waals surface area contributed by atoms with Crippen LogP contribution in [0.3, 0.4) is 0 Å². The number of para-hydroxylation sites is 1. The maximum absolute atomic E-state index is 5.08. The van der Waals surface area contributed by atoms with Crippen LogP contribution in [0, 0.1) is 0 Å². The largest absolute Gasteiger partial charge is 0.313 e. The summed E-state index contributed by atoms with van der Waals surface area (Å²) in [4.78, 5) is 15.1. The molecule has 1 aliphatic carbocycles. The maximum Gasteiger partial charge on any atom is 0.164 e. The van der Waals surface area contributed by atoms with Gasteiger partial charge < -0.3 is 4.57 Å². The van der Waals surface area contributed by atoms with Gasteiger partial charge in [0.25, 0.3) is 0 Å². The normalized spacial score (nSPS) is 12.8. The third-order valence-electron chi connectivity index (χ3n) is 9.35. The van der Waals surface area contributed by atoms with Gasteiger partial charge in [0.05, 0.1) is 11.0 Å². The predicted molar refractivity (Wildman–Crippen MR) is 203 cm³/mol. The van der Waals surface area contributed by atoms with Gasteiger partial charge in [-0.3, -0.25) is 0 Å². The Hall–Kier alpha value is -6.39. The fraction of sp³-hybridized carbons (Fsp3) is 0.0444. The van der Waals surface area contributed by atoms with Gasteiger partial charge in [-0.05, 0) is 59.4 Å². The lowest BCUT2D eigenvalue weighted by atomic mass is 9.91. The monoisotopic (exact) mass is 628 g/mol. The second-order valence-corrected chi connectivity index (χ2v) is 12.3. The van der Waals surface area contributed by atoms with Gasteiger partial charge in [0.1, 0.15) is 0 Å². The van der Waals surface area contributed by atoms with Gasteiger partial charge in [-0.25, -0.2) is 15.0 Å². The van der Waals surface area contributed by atoms with E-state index in [9.17, 15) is 0 Å². The number of hydrogen-bond donors (Lipinski definition) is 0. The molecule has 0 aliphatic heterocycles. The average Bonchev–Trinajstić information content (AvgIpc) is 3.52. The maximum atomic E-state index is 5.08. The number of allylic oxidation sites excluding steroid dienone is 4. The van der Waals surface area contributed by atoms with Crippen LogP contribution in [0.4, 0.5) is 0 Å². The molecule has 2 heterocycles. The zero-order chi connectivity index (χ0) is 32.6. The van der Waals surface area contributed by atoms with Crippen LogP contribution in [0.15, 0.2) is 170 Å². The Balaban J connectivity index is 1.22. The van der Waals surface area contributed by atoms with Gasteiger partial charge in [0.2, 0.25) is 0 Å². The standard InChI is InChI=1S/C45H32N4/c1-4-16-31(17-5-1)43-46-44(32-18-6-2-7-19-32)48-45(47-43)39-26-13-12-24-37(39)36-23-11-10-22-35(36)33-28-29-42-40(30-33)38-25-14-15-27-41(38)49(42)34-20-8-3-9-21-34/h1-8,10-20,22-30H,9,21H2. The van der Waals surface area contributed by atoms with Crippen molar-refractivity contribution in [1.82, 2.24) is 19.5 Å². The summed E-state index contributed by atoms with van der Waals surface area (Å²) in [5, 5.41) is 2.52. The predicted octanol–water partition coefficient (Wildman–Crippen LogP) is 11.5. The lowest BCUT2D eigenvalue weighted by Crippen LogP contribution is -2.01. The van der Waals surface area contributed by atoms with Crippen LogP contribution in [-0.4, -0.2) is 19.5 Å². The van der Waals surface area contributed by atoms with Gasteiger partial charge in [0, 0.05) is 33.2 Å². The Kier molecular flexibility index (Phi) is 7.25. The number of nitrogens with zero attached hydrogens (tertiary/aromatic N) is 4. The fourth-order valence-electron chi connectivity index (χ4n) is 7.04. The minimum atomic E-state index is 0.645. The molecule has 4 heteroatoms. The molecule has 0 amide bonds. The molecule has 232 valence electrons. The van der Waals surface area contributed by atoms with Crippen molar-refractivity contribution in [3.8, 4) is 56.4 Å². The van der Waals surface area contributed by atoms with E-state index in [-0.39, 0.29) is 0 Å². The van der Waals surface area contributed by atoms with Gasteiger partial charge in [-0.1, -0.05) is 146 Å². The van der Waals surface area contributed by atoms with Crippen molar-refractivity contribution >= 4 is 27.5 Å². The van der Waals surface area contributed by atoms with Crippen LogP contribution >= 0.6 is 0 Å². The van der Waals surface area contributed by atoms with E-state index in [1.807, 2.05) is 60.7 Å². The highest BCUT2D eigenvalue weighted by Gasteiger charge is 2.19. The first-order chi connectivity index (χ1) is 24.3. The molecule has 2 aromatic heterocycles. The van der Waals surface area contributed by atoms with Crippen molar-refractivity contribution in [1.29, 1.82) is 0 Å². The van der Waals surface area contributed by atoms with E-state index in [1.165, 1.54) is 33.1 Å². The Morgan fingerprint density at radius 3 is 1.65 bits per heavy atom. The summed E-state index contributed by atoms with van der Waals surface area (Å²) in [6, 6.07) is 53.1. The Labute approximate surface area is 285 Å². The zero-order valence-corrected chi connectivity index (χ0v) is 26.9. The Morgan fingerprint density at radius 1 is 0.429 bits per heavy atom. The molecule has 0 atom stereocenters. The number of fused-ring (bicyclic) bond motifs is 3.